The molecule has 0 bridgehead atoms. The first-order valence-electron chi connectivity index (χ1n) is 48.4. The molecule has 1 N–H and O–H groups in total. The van der Waals surface area contributed by atoms with Gasteiger partial charge in [0.15, 0.2) is 57.8 Å². The molecule has 0 radical (unpaired) electrons. The van der Waals surface area contributed by atoms with Gasteiger partial charge in [-0.15, -0.1) is 0 Å². The molecule has 750 valence electrons. The highest BCUT2D eigenvalue weighted by atomic mass is 19.2. The lowest BCUT2D eigenvalue weighted by Crippen LogP contribution is -2.42. The van der Waals surface area contributed by atoms with E-state index in [9.17, 15) is 54.0 Å². The highest BCUT2D eigenvalue weighted by Crippen LogP contribution is 2.48. The van der Waals surface area contributed by atoms with Gasteiger partial charge in [0.2, 0.25) is 34.9 Å². The van der Waals surface area contributed by atoms with Crippen LogP contribution in [0.1, 0.15) is 384 Å². The number of ether oxygens (including phenoxy) is 7. The van der Waals surface area contributed by atoms with Crippen molar-refractivity contribution in [3.63, 3.8) is 0 Å². The SMILES string of the molecule is C.C.C.C.C.C.CC1CCC(C2CCC(C(=O)Oc3cc4c(c(F)c3F)OC(C)CC4)CC2)CC1.CC1CCC(C2CCC(CCc3cc4c(c(F)c3F)OC(C)CC4)CC2)CC1.Cc1cc2c(c(F)c1F)OC(C(OO)C1CCC(C)CC1)CC2.Cc1cc2c(c(F)c1F)OC(CCC1CCC(C)CC1)CC2.Cc1cc2c(c(F)c1F)OC(COC1CCC(C)CC1)CC2.[HH].[HH].[HH].[HH].[HH].[HH].[HH]. The molecule has 5 aliphatic heterocycles. The molecule has 7 aliphatic carbocycles. The van der Waals surface area contributed by atoms with E-state index in [1.165, 1.54) is 122 Å². The maximum atomic E-state index is 14.6. The van der Waals surface area contributed by atoms with Crippen molar-refractivity contribution in [1.82, 2.24) is 0 Å². The number of rotatable bonds is 16. The zero-order valence-corrected chi connectivity index (χ0v) is 75.7. The molecular weight excluding hydrogens is 1670 g/mol. The van der Waals surface area contributed by atoms with Crippen molar-refractivity contribution in [2.24, 2.45) is 76.9 Å². The van der Waals surface area contributed by atoms with Crippen molar-refractivity contribution in [3.8, 4) is 34.5 Å². The first-order chi connectivity index (χ1) is 59.5. The van der Waals surface area contributed by atoms with Gasteiger partial charge in [0.05, 0.1) is 36.9 Å². The topological polar surface area (TPSA) is 111 Å². The molecular formula is C110H180F10O10. The van der Waals surface area contributed by atoms with Crippen LogP contribution in [0, 0.1) is 156 Å². The standard InChI is InChI=1S/C25H36F2O.C24H32F2O3.C19H26F2O.C18H24F2O3.C18H24F2O2.6CH4.7H2/c1-16-3-9-19(10-4-16)20-12-6-18(7-13-20)8-14-21-15-22-11-5-17(2)28-25(22)24(27)23(21)26;1-14-3-6-16(7-4-14)17-9-11-18(12-10-17)24(27)29-20-13-19-8-5-15(2)28-23(19)22(26)21(20)25;1-12-3-5-14(6-4-12)7-9-16-10-8-15-11-13(2)17(20)18(21)19(15)22-16;1-10-3-5-12(6-4-10)17(23-21)14-8-7-13-9-11(2)15(19)16(20)18(13)22-14;1-11-3-6-14(7-4-11)21-10-15-8-5-13-9-12(2)16(19)17(20)18(13)22-15;;;;;;;;;;;;;/h15-20H,3-14H2,1-2H3;13-18H,3-12H2,1-2H3;11-12,14,16H,3-10H2,1-2H3;9-10,12,14,17,21H,3-8H2,1-2H3;9,11,14-15H,3-8,10H2,1-2H3;6*1H4;7*1H. The Morgan fingerprint density at radius 1 is 0.362 bits per heavy atom. The van der Waals surface area contributed by atoms with Gasteiger partial charge in [-0.3, -0.25) is 10.1 Å². The van der Waals surface area contributed by atoms with E-state index in [-0.39, 0.29) is 125 Å². The summed E-state index contributed by atoms with van der Waals surface area (Å²) < 4.78 is 181. The Balaban J connectivity index is 0.00000166. The van der Waals surface area contributed by atoms with Crippen molar-refractivity contribution in [2.45, 2.75) is 426 Å². The Labute approximate surface area is 787 Å². The van der Waals surface area contributed by atoms with Crippen molar-refractivity contribution in [1.29, 1.82) is 0 Å². The van der Waals surface area contributed by atoms with Crippen molar-refractivity contribution < 1.29 is 102 Å². The molecule has 7 saturated carbocycles. The van der Waals surface area contributed by atoms with Crippen LogP contribution in [-0.2, 0) is 52.9 Å². The summed E-state index contributed by atoms with van der Waals surface area (Å²) in [5.74, 6) is -0.111. The third-order valence-corrected chi connectivity index (χ3v) is 31.1. The number of hydrogen-bond donors (Lipinski definition) is 1. The number of halogens is 10. The second kappa shape index (κ2) is 51.6. The van der Waals surface area contributed by atoms with Crippen molar-refractivity contribution in [3.05, 3.63) is 139 Å². The summed E-state index contributed by atoms with van der Waals surface area (Å²) in [7, 11) is 0. The summed E-state index contributed by atoms with van der Waals surface area (Å²) in [6, 6.07) is 8.36. The Bertz CT molecular complexity index is 4250. The lowest BCUT2D eigenvalue weighted by molar-refractivity contribution is -0.309. The number of carbonyl (C=O) groups is 1. The van der Waals surface area contributed by atoms with Gasteiger partial charge in [0.1, 0.15) is 18.3 Å². The minimum atomic E-state index is -1.13. The Morgan fingerprint density at radius 2 is 0.708 bits per heavy atom. The molecule has 12 aliphatic rings. The summed E-state index contributed by atoms with van der Waals surface area (Å²) in [6.45, 7) is 20.5. The van der Waals surface area contributed by atoms with Crippen LogP contribution >= 0.6 is 0 Å². The molecule has 17 rings (SSSR count). The zero-order chi connectivity index (χ0) is 88.2. The van der Waals surface area contributed by atoms with Crippen LogP contribution in [0.4, 0.5) is 43.9 Å². The van der Waals surface area contributed by atoms with E-state index in [1.807, 2.05) is 19.9 Å². The van der Waals surface area contributed by atoms with Gasteiger partial charge in [-0.1, -0.05) is 156 Å². The minimum Gasteiger partial charge on any atom is -0.487 e. The Morgan fingerprint density at radius 3 is 1.18 bits per heavy atom. The summed E-state index contributed by atoms with van der Waals surface area (Å²) >= 11 is 0. The largest absolute Gasteiger partial charge is 0.487 e. The van der Waals surface area contributed by atoms with Crippen molar-refractivity contribution >= 4 is 5.97 Å². The summed E-state index contributed by atoms with van der Waals surface area (Å²) in [4.78, 5) is 17.4. The number of benzene rings is 5. The van der Waals surface area contributed by atoms with Crippen LogP contribution in [0.15, 0.2) is 30.3 Å². The fourth-order valence-electron chi connectivity index (χ4n) is 22.6. The maximum Gasteiger partial charge on any atom is 0.314 e. The summed E-state index contributed by atoms with van der Waals surface area (Å²) in [5, 5.41) is 9.36. The Hall–Kier alpha value is -6.25. The predicted molar refractivity (Wildman–Crippen MR) is 520 cm³/mol. The normalized spacial score (nSPS) is 28.9. The van der Waals surface area contributed by atoms with Crippen LogP contribution in [-0.4, -0.2) is 60.6 Å². The number of carbonyl (C=O) groups excluding carboxylic acids is 1. The highest BCUT2D eigenvalue weighted by Gasteiger charge is 2.41. The van der Waals surface area contributed by atoms with Gasteiger partial charge < -0.3 is 33.2 Å². The molecule has 5 heterocycles. The average molecular weight is 1850 g/mol. The van der Waals surface area contributed by atoms with E-state index in [2.05, 4.69) is 34.6 Å². The zero-order valence-electron chi connectivity index (χ0n) is 75.7. The minimum absolute atomic E-state index is 0. The quantitative estimate of drug-likeness (QED) is 0.0337. The number of aryl methyl sites for hydroxylation is 9. The molecule has 7 fully saturated rings. The van der Waals surface area contributed by atoms with E-state index in [0.717, 1.165) is 186 Å². The molecule has 0 saturated heterocycles. The van der Waals surface area contributed by atoms with E-state index < -0.39 is 76.3 Å². The van der Waals surface area contributed by atoms with Gasteiger partial charge in [0, 0.05) is 15.5 Å². The van der Waals surface area contributed by atoms with E-state index in [4.69, 9.17) is 38.0 Å². The first-order valence-corrected chi connectivity index (χ1v) is 48.4. The van der Waals surface area contributed by atoms with Crippen LogP contribution in [0.25, 0.3) is 0 Å². The smallest absolute Gasteiger partial charge is 0.314 e. The van der Waals surface area contributed by atoms with Crippen LogP contribution in [0.3, 0.4) is 0 Å². The van der Waals surface area contributed by atoms with E-state index in [0.29, 0.717) is 95.9 Å². The monoisotopic (exact) mass is 1850 g/mol. The first kappa shape index (κ1) is 111. The number of fused-ring (bicyclic) bond motifs is 5. The highest BCUT2D eigenvalue weighted by molar-refractivity contribution is 5.75. The molecule has 20 heteroatoms. The third-order valence-electron chi connectivity index (χ3n) is 31.1. The summed E-state index contributed by atoms with van der Waals surface area (Å²) in [6.07, 6.45) is 44.0. The van der Waals surface area contributed by atoms with Gasteiger partial charge >= 0.3 is 5.97 Å². The van der Waals surface area contributed by atoms with Gasteiger partial charge in [0.25, 0.3) is 0 Å². The molecule has 0 aromatic heterocycles. The molecule has 10 nitrogen and oxygen atoms in total. The number of esters is 1. The molecule has 130 heavy (non-hydrogen) atoms. The Kier molecular flexibility index (Phi) is 44.0. The van der Waals surface area contributed by atoms with Crippen LogP contribution in [0.5, 0.6) is 34.5 Å². The van der Waals surface area contributed by atoms with Crippen molar-refractivity contribution in [2.75, 3.05) is 6.61 Å². The lowest BCUT2D eigenvalue weighted by Gasteiger charge is -2.37. The fraction of sp³-hybridized carbons (Fsp3) is 0.718. The molecule has 5 aromatic carbocycles. The third kappa shape index (κ3) is 28.5. The lowest BCUT2D eigenvalue weighted by atomic mass is 9.69. The molecule has 0 amide bonds. The second-order valence-corrected chi connectivity index (χ2v) is 40.7. The van der Waals surface area contributed by atoms with Crippen LogP contribution < -0.4 is 28.4 Å². The van der Waals surface area contributed by atoms with Gasteiger partial charge in [-0.25, -0.2) is 22.4 Å². The van der Waals surface area contributed by atoms with Crippen LogP contribution in [0.2, 0.25) is 0 Å². The second-order valence-electron chi connectivity index (χ2n) is 40.7. The maximum absolute atomic E-state index is 14.6. The number of hydrogen-bond acceptors (Lipinski definition) is 10. The average Bonchev–Trinajstić information content (AvgIpc) is 0.815. The summed E-state index contributed by atoms with van der Waals surface area (Å²) in [5.41, 5.74) is 5.24. The molecule has 0 spiro atoms. The molecule has 6 unspecified atom stereocenters. The molecule has 5 aromatic rings. The van der Waals surface area contributed by atoms with Gasteiger partial charge in [-0.05, 0) is 373 Å². The van der Waals surface area contributed by atoms with E-state index >= 15 is 0 Å². The predicted octanol–water partition coefficient (Wildman–Crippen LogP) is 33.8. The molecule has 6 atom stereocenters. The van der Waals surface area contributed by atoms with Gasteiger partial charge in [-0.2, -0.15) is 26.3 Å². The van der Waals surface area contributed by atoms with E-state index in [1.54, 1.807) is 39.0 Å². The fourth-order valence-corrected chi connectivity index (χ4v) is 22.6.